The van der Waals surface area contributed by atoms with E-state index in [1.165, 1.54) is 17.0 Å². The predicted molar refractivity (Wildman–Crippen MR) is 76.3 cm³/mol. The summed E-state index contributed by atoms with van der Waals surface area (Å²) in [5.74, 6) is -1.05. The highest BCUT2D eigenvalue weighted by atomic mass is 19.1. The second-order valence-electron chi connectivity index (χ2n) is 5.70. The van der Waals surface area contributed by atoms with Gasteiger partial charge < -0.3 is 10.0 Å². The maximum Gasteiger partial charge on any atom is 0.326 e. The van der Waals surface area contributed by atoms with Gasteiger partial charge in [-0.15, -0.1) is 0 Å². The number of hydrogen-bond acceptors (Lipinski definition) is 2. The van der Waals surface area contributed by atoms with Crippen LogP contribution in [0.4, 0.5) is 4.39 Å². The zero-order valence-corrected chi connectivity index (χ0v) is 12.1. The number of hydrogen-bond donors (Lipinski definition) is 1. The van der Waals surface area contributed by atoms with Gasteiger partial charge in [-0.1, -0.05) is 19.1 Å². The Hall–Kier alpha value is -1.91. The molecule has 0 bridgehead atoms. The van der Waals surface area contributed by atoms with E-state index in [1.807, 2.05) is 6.92 Å². The van der Waals surface area contributed by atoms with Crippen LogP contribution in [0.25, 0.3) is 0 Å². The lowest BCUT2D eigenvalue weighted by molar-refractivity contribution is -0.153. The van der Waals surface area contributed by atoms with Crippen LogP contribution in [0.1, 0.15) is 31.7 Å². The molecule has 1 fully saturated rings. The van der Waals surface area contributed by atoms with Gasteiger partial charge in [0.05, 0.1) is 0 Å². The monoisotopic (exact) mass is 293 g/mol. The number of rotatable bonds is 4. The summed E-state index contributed by atoms with van der Waals surface area (Å²) in [6.07, 6.45) is 2.10. The lowest BCUT2D eigenvalue weighted by Crippen LogP contribution is -2.49. The van der Waals surface area contributed by atoms with Crippen LogP contribution in [0.15, 0.2) is 24.3 Å². The van der Waals surface area contributed by atoms with Crippen LogP contribution in [0.2, 0.25) is 0 Å². The van der Waals surface area contributed by atoms with Crippen LogP contribution in [0.5, 0.6) is 0 Å². The molecule has 1 saturated heterocycles. The molecule has 2 unspecified atom stereocenters. The Labute approximate surface area is 123 Å². The van der Waals surface area contributed by atoms with Crippen molar-refractivity contribution in [3.05, 3.63) is 35.6 Å². The third kappa shape index (κ3) is 4.03. The Morgan fingerprint density at radius 1 is 1.33 bits per heavy atom. The summed E-state index contributed by atoms with van der Waals surface area (Å²) in [6, 6.07) is 5.31. The fourth-order valence-corrected chi connectivity index (χ4v) is 2.72. The molecule has 0 aromatic heterocycles. The summed E-state index contributed by atoms with van der Waals surface area (Å²) in [5.41, 5.74) is 0.877. The highest BCUT2D eigenvalue weighted by Gasteiger charge is 2.34. The number of piperidine rings is 1. The standard InChI is InChI=1S/C16H20FNO3/c1-11-8-9-18(14(10-11)16(20)21)15(19)7-4-12-2-5-13(17)6-3-12/h2-3,5-6,11,14H,4,7-10H2,1H3,(H,20,21). The van der Waals surface area contributed by atoms with E-state index in [9.17, 15) is 19.1 Å². The molecule has 2 rings (SSSR count). The van der Waals surface area contributed by atoms with Crippen molar-refractivity contribution in [3.8, 4) is 0 Å². The predicted octanol–water partition coefficient (Wildman–Crippen LogP) is 2.47. The van der Waals surface area contributed by atoms with Crippen molar-refractivity contribution in [1.82, 2.24) is 4.90 Å². The number of amides is 1. The summed E-state index contributed by atoms with van der Waals surface area (Å²) in [5, 5.41) is 9.26. The number of nitrogens with zero attached hydrogens (tertiary/aromatic N) is 1. The Kier molecular flexibility index (Phi) is 4.94. The number of aliphatic carboxylic acids is 1. The summed E-state index contributed by atoms with van der Waals surface area (Å²) in [7, 11) is 0. The van der Waals surface area contributed by atoms with E-state index in [0.29, 0.717) is 25.3 Å². The number of carbonyl (C=O) groups excluding carboxylic acids is 1. The van der Waals surface area contributed by atoms with E-state index in [0.717, 1.165) is 12.0 Å². The average molecular weight is 293 g/mol. The molecule has 0 spiro atoms. The van der Waals surface area contributed by atoms with Crippen molar-refractivity contribution >= 4 is 11.9 Å². The van der Waals surface area contributed by atoms with Crippen LogP contribution in [-0.2, 0) is 16.0 Å². The topological polar surface area (TPSA) is 57.6 Å². The summed E-state index contributed by atoms with van der Waals surface area (Å²) >= 11 is 0. The SMILES string of the molecule is CC1CCN(C(=O)CCc2ccc(F)cc2)C(C(=O)O)C1. The largest absolute Gasteiger partial charge is 0.480 e. The van der Waals surface area contributed by atoms with Crippen molar-refractivity contribution in [3.63, 3.8) is 0 Å². The molecule has 1 aliphatic rings. The second-order valence-corrected chi connectivity index (χ2v) is 5.70. The molecule has 0 saturated carbocycles. The first kappa shape index (κ1) is 15.5. The van der Waals surface area contributed by atoms with E-state index < -0.39 is 12.0 Å². The fraction of sp³-hybridized carbons (Fsp3) is 0.500. The van der Waals surface area contributed by atoms with Crippen molar-refractivity contribution < 1.29 is 19.1 Å². The van der Waals surface area contributed by atoms with Crippen LogP contribution < -0.4 is 0 Å². The van der Waals surface area contributed by atoms with E-state index in [2.05, 4.69) is 0 Å². The van der Waals surface area contributed by atoms with E-state index in [1.54, 1.807) is 12.1 Å². The highest BCUT2D eigenvalue weighted by Crippen LogP contribution is 2.23. The molecule has 1 N–H and O–H groups in total. The number of halogens is 1. The first-order valence-electron chi connectivity index (χ1n) is 7.24. The van der Waals surface area contributed by atoms with Crippen molar-refractivity contribution in [1.29, 1.82) is 0 Å². The van der Waals surface area contributed by atoms with Gasteiger partial charge in [0.1, 0.15) is 11.9 Å². The molecule has 1 aliphatic heterocycles. The molecule has 2 atom stereocenters. The molecular formula is C16H20FNO3. The molecular weight excluding hydrogens is 273 g/mol. The van der Waals surface area contributed by atoms with Crippen molar-refractivity contribution in [2.75, 3.05) is 6.54 Å². The highest BCUT2D eigenvalue weighted by molar-refractivity contribution is 5.84. The van der Waals surface area contributed by atoms with Gasteiger partial charge in [0.25, 0.3) is 0 Å². The first-order chi connectivity index (χ1) is 9.97. The zero-order valence-electron chi connectivity index (χ0n) is 12.1. The van der Waals surface area contributed by atoms with Crippen LogP contribution >= 0.6 is 0 Å². The number of carboxylic acid groups (broad SMARTS) is 1. The van der Waals surface area contributed by atoms with Gasteiger partial charge in [0, 0.05) is 13.0 Å². The van der Waals surface area contributed by atoms with Gasteiger partial charge in [-0.25, -0.2) is 9.18 Å². The van der Waals surface area contributed by atoms with Gasteiger partial charge in [0.2, 0.25) is 5.91 Å². The maximum atomic E-state index is 12.8. The Morgan fingerprint density at radius 3 is 2.62 bits per heavy atom. The molecule has 5 heteroatoms. The Balaban J connectivity index is 1.95. The van der Waals surface area contributed by atoms with Crippen LogP contribution in [0.3, 0.4) is 0 Å². The molecule has 1 amide bonds. The summed E-state index contributed by atoms with van der Waals surface area (Å²) < 4.78 is 12.8. The van der Waals surface area contributed by atoms with Gasteiger partial charge in [-0.3, -0.25) is 4.79 Å². The van der Waals surface area contributed by atoms with Crippen LogP contribution in [0, 0.1) is 11.7 Å². The minimum atomic E-state index is -0.934. The maximum absolute atomic E-state index is 12.8. The smallest absolute Gasteiger partial charge is 0.326 e. The van der Waals surface area contributed by atoms with Gasteiger partial charge in [0.15, 0.2) is 0 Å². The van der Waals surface area contributed by atoms with Crippen LogP contribution in [-0.4, -0.2) is 34.5 Å². The van der Waals surface area contributed by atoms with Crippen molar-refractivity contribution in [2.45, 2.75) is 38.6 Å². The molecule has 0 aliphatic carbocycles. The normalized spacial score (nSPS) is 22.1. The zero-order chi connectivity index (χ0) is 15.4. The van der Waals surface area contributed by atoms with Crippen molar-refractivity contribution in [2.24, 2.45) is 5.92 Å². The lowest BCUT2D eigenvalue weighted by Gasteiger charge is -2.36. The van der Waals surface area contributed by atoms with E-state index >= 15 is 0 Å². The molecule has 1 aromatic rings. The fourth-order valence-electron chi connectivity index (χ4n) is 2.72. The molecule has 1 heterocycles. The van der Waals surface area contributed by atoms with E-state index in [4.69, 9.17) is 0 Å². The molecule has 114 valence electrons. The minimum absolute atomic E-state index is 0.140. The van der Waals surface area contributed by atoms with Gasteiger partial charge >= 0.3 is 5.97 Å². The molecule has 21 heavy (non-hydrogen) atoms. The van der Waals surface area contributed by atoms with Gasteiger partial charge in [-0.2, -0.15) is 0 Å². The van der Waals surface area contributed by atoms with E-state index in [-0.39, 0.29) is 18.1 Å². The molecule has 0 radical (unpaired) electrons. The first-order valence-corrected chi connectivity index (χ1v) is 7.24. The Bertz CT molecular complexity index is 515. The lowest BCUT2D eigenvalue weighted by atomic mass is 9.92. The molecule has 4 nitrogen and oxygen atoms in total. The average Bonchev–Trinajstić information content (AvgIpc) is 2.46. The number of likely N-dealkylation sites (tertiary alicyclic amines) is 1. The summed E-state index contributed by atoms with van der Waals surface area (Å²) in [6.45, 7) is 2.51. The quantitative estimate of drug-likeness (QED) is 0.927. The van der Waals surface area contributed by atoms with Gasteiger partial charge in [-0.05, 0) is 42.9 Å². The molecule has 1 aromatic carbocycles. The minimum Gasteiger partial charge on any atom is -0.480 e. The third-order valence-electron chi connectivity index (χ3n) is 4.01. The number of carboxylic acids is 1. The Morgan fingerprint density at radius 2 is 2.00 bits per heavy atom. The third-order valence-corrected chi connectivity index (χ3v) is 4.01. The number of benzene rings is 1. The summed E-state index contributed by atoms with van der Waals surface area (Å²) in [4.78, 5) is 25.0. The second kappa shape index (κ2) is 6.70. The number of aryl methyl sites for hydroxylation is 1. The number of carbonyl (C=O) groups is 2.